The second-order valence-electron chi connectivity index (χ2n) is 9.93. The SMILES string of the molecule is Cc1nc2c(ncn2[C@@H]2O[C@@H]3OP(=O)(S)O[C@H]4[C@@H](F)[C@H](n5cnc6c(N)ncnc65)O[C@@H]4COP(=O)(S)O[C@@H]2[C@@H]3O)c(=O)[nH]1. The number of hydrogen-bond acceptors (Lipinski definition) is 16. The number of thiol groups is 2. The van der Waals surface area contributed by atoms with Crippen LogP contribution in [0, 0.1) is 6.92 Å². The first-order chi connectivity index (χ1) is 20.8. The van der Waals surface area contributed by atoms with Gasteiger partial charge in [0.15, 0.2) is 47.5 Å². The molecule has 3 fully saturated rings. The van der Waals surface area contributed by atoms with Crippen LogP contribution < -0.4 is 11.3 Å². The summed E-state index contributed by atoms with van der Waals surface area (Å²) in [6.45, 7) is -8.08. The molecule has 19 nitrogen and oxygen atoms in total. The van der Waals surface area contributed by atoms with Crippen LogP contribution >= 0.6 is 38.1 Å². The third-order valence-electron chi connectivity index (χ3n) is 7.07. The summed E-state index contributed by atoms with van der Waals surface area (Å²) in [7, 11) is 0. The first-order valence-corrected chi connectivity index (χ1v) is 18.1. The Hall–Kier alpha value is -2.49. The number of imidazole rings is 2. The molecule has 3 saturated heterocycles. The van der Waals surface area contributed by atoms with Gasteiger partial charge >= 0.3 is 13.6 Å². The molecule has 44 heavy (non-hydrogen) atoms. The number of H-pyrrole nitrogens is 1. The van der Waals surface area contributed by atoms with Gasteiger partial charge in [-0.1, -0.05) is 24.5 Å². The van der Waals surface area contributed by atoms with Crippen molar-refractivity contribution in [1.82, 2.24) is 39.0 Å². The number of aromatic nitrogens is 8. The third kappa shape index (κ3) is 5.17. The normalized spacial score (nSPS) is 38.0. The predicted octanol–water partition coefficient (Wildman–Crippen LogP) is 1.19. The quantitative estimate of drug-likeness (QED) is 0.146. The Kier molecular flexibility index (Phi) is 7.41. The van der Waals surface area contributed by atoms with Gasteiger partial charge in [0, 0.05) is 0 Å². The lowest BCUT2D eigenvalue weighted by Gasteiger charge is -2.28. The maximum absolute atomic E-state index is 16.0. The maximum Gasteiger partial charge on any atom is 0.388 e. The lowest BCUT2D eigenvalue weighted by atomic mass is 10.1. The molecule has 7 heterocycles. The molecule has 2 unspecified atom stereocenters. The molecule has 24 heteroatoms. The second-order valence-corrected chi connectivity index (χ2v) is 15.6. The number of nitrogens with zero attached hydrogens (tertiary/aromatic N) is 7. The highest BCUT2D eigenvalue weighted by Gasteiger charge is 2.55. The van der Waals surface area contributed by atoms with E-state index in [4.69, 9.17) is 33.3 Å². The highest BCUT2D eigenvalue weighted by molar-refractivity contribution is 8.44. The molecule has 3 aliphatic rings. The van der Waals surface area contributed by atoms with Crippen LogP contribution in [0.5, 0.6) is 0 Å². The lowest BCUT2D eigenvalue weighted by molar-refractivity contribution is -0.130. The van der Waals surface area contributed by atoms with E-state index in [0.717, 1.165) is 6.33 Å². The summed E-state index contributed by atoms with van der Waals surface area (Å²) >= 11 is 8.02. The molecule has 2 bridgehead atoms. The fourth-order valence-electron chi connectivity index (χ4n) is 5.16. The molecule has 0 saturated carbocycles. The Labute approximate surface area is 255 Å². The van der Waals surface area contributed by atoms with Crippen molar-refractivity contribution in [2.75, 3.05) is 12.3 Å². The number of nitrogen functional groups attached to an aromatic ring is 1. The molecule has 4 aromatic rings. The van der Waals surface area contributed by atoms with Crippen molar-refractivity contribution < 1.29 is 46.2 Å². The van der Waals surface area contributed by atoms with Crippen LogP contribution in [0.15, 0.2) is 23.8 Å². The lowest BCUT2D eigenvalue weighted by Crippen LogP contribution is -2.37. The number of aryl methyl sites for hydroxylation is 1. The molecule has 10 atom stereocenters. The number of aliphatic hydroxyl groups excluding tert-OH is 1. The smallest absolute Gasteiger partial charge is 0.385 e. The first-order valence-electron chi connectivity index (χ1n) is 12.7. The Morgan fingerprint density at radius 1 is 1.00 bits per heavy atom. The van der Waals surface area contributed by atoms with Crippen molar-refractivity contribution >= 4 is 66.2 Å². The summed E-state index contributed by atoms with van der Waals surface area (Å²) in [5.41, 5.74) is 5.55. The minimum atomic E-state index is -4.56. The number of alkyl halides is 1. The molecule has 0 amide bonds. The van der Waals surface area contributed by atoms with Crippen LogP contribution in [0.3, 0.4) is 0 Å². The zero-order valence-corrected chi connectivity index (χ0v) is 25.6. The molecule has 3 aliphatic heterocycles. The van der Waals surface area contributed by atoms with E-state index in [9.17, 15) is 19.0 Å². The van der Waals surface area contributed by atoms with Crippen molar-refractivity contribution in [3.8, 4) is 0 Å². The van der Waals surface area contributed by atoms with Gasteiger partial charge in [0.2, 0.25) is 0 Å². The molecule has 0 aliphatic carbocycles. The van der Waals surface area contributed by atoms with Crippen molar-refractivity contribution in [1.29, 1.82) is 0 Å². The number of nitrogens with one attached hydrogen (secondary N) is 1. The summed E-state index contributed by atoms with van der Waals surface area (Å²) in [5.74, 6) is 0.281. The van der Waals surface area contributed by atoms with E-state index < -0.39 is 75.1 Å². The number of ether oxygens (including phenoxy) is 2. The van der Waals surface area contributed by atoms with Crippen LogP contribution in [0.1, 0.15) is 18.3 Å². The number of anilines is 1. The second kappa shape index (κ2) is 10.8. The number of nitrogens with two attached hydrogens (primary N) is 1. The molecule has 0 radical (unpaired) electrons. The minimum absolute atomic E-state index is 0.0236. The van der Waals surface area contributed by atoms with Gasteiger partial charge in [-0.05, 0) is 6.92 Å². The maximum atomic E-state index is 16.0. The van der Waals surface area contributed by atoms with E-state index in [1.54, 1.807) is 0 Å². The summed E-state index contributed by atoms with van der Waals surface area (Å²) in [6.07, 6.45) is -9.61. The number of aromatic amines is 1. The van der Waals surface area contributed by atoms with Gasteiger partial charge in [0.25, 0.3) is 5.56 Å². The topological polar surface area (TPSA) is 243 Å². The standard InChI is InChI=1S/C20H22FN9O10P2S2/c1-6-27-16-10(17(32)28-6)26-5-30(16)19-13-11(31)20(37-19)40-42(34,44)38-12-7(2-35-41(33,43)39-13)36-18(8(12)21)29-4-25-9-14(22)23-3-24-15(9)29/h3-5,7-8,11-13,18-20,31H,2H2,1H3,(H,33,43)(H,34,44)(H2,22,23,24)(H,27,28,32)/t7-,8-,11+,12-,13-,18-,19-,20-,41?,42?/m1/s1. The van der Waals surface area contributed by atoms with Crippen LogP contribution in [-0.4, -0.2) is 87.6 Å². The first kappa shape index (κ1) is 30.2. The summed E-state index contributed by atoms with van der Waals surface area (Å²) in [4.78, 5) is 35.2. The molecule has 0 spiro atoms. The molecular formula is C20H22FN9O10P2S2. The largest absolute Gasteiger partial charge is 0.388 e. The van der Waals surface area contributed by atoms with Crippen molar-refractivity contribution in [3.05, 3.63) is 35.2 Å². The molecule has 4 aromatic heterocycles. The molecule has 4 N–H and O–H groups in total. The minimum Gasteiger partial charge on any atom is -0.385 e. The predicted molar refractivity (Wildman–Crippen MR) is 151 cm³/mol. The van der Waals surface area contributed by atoms with E-state index in [1.165, 1.54) is 28.7 Å². The Bertz CT molecular complexity index is 1930. The zero-order chi connectivity index (χ0) is 31.1. The van der Waals surface area contributed by atoms with Crippen LogP contribution in [0.2, 0.25) is 0 Å². The number of hydrogen-bond donors (Lipinski definition) is 5. The van der Waals surface area contributed by atoms with Gasteiger partial charge in [-0.25, -0.2) is 38.4 Å². The Morgan fingerprint density at radius 2 is 1.70 bits per heavy atom. The summed E-state index contributed by atoms with van der Waals surface area (Å²) in [5, 5.41) is 11.1. The van der Waals surface area contributed by atoms with Gasteiger partial charge in [-0.2, -0.15) is 0 Å². The molecular weight excluding hydrogens is 671 g/mol. The van der Waals surface area contributed by atoms with Crippen molar-refractivity contribution in [2.45, 2.75) is 56.3 Å². The number of aliphatic hydroxyl groups is 1. The average molecular weight is 694 g/mol. The van der Waals surface area contributed by atoms with Crippen LogP contribution in [-0.2, 0) is 36.7 Å². The highest BCUT2D eigenvalue weighted by atomic mass is 32.7. The molecule has 0 aromatic carbocycles. The summed E-state index contributed by atoms with van der Waals surface area (Å²) in [6, 6.07) is 0. The van der Waals surface area contributed by atoms with Gasteiger partial charge in [0.05, 0.1) is 19.3 Å². The number of halogens is 1. The monoisotopic (exact) mass is 693 g/mol. The van der Waals surface area contributed by atoms with Gasteiger partial charge in [-0.3, -0.25) is 32.0 Å². The Balaban J connectivity index is 1.22. The van der Waals surface area contributed by atoms with Gasteiger partial charge in [-0.15, -0.1) is 0 Å². The van der Waals surface area contributed by atoms with Gasteiger partial charge in [0.1, 0.15) is 42.1 Å². The molecule has 7 rings (SSSR count). The zero-order valence-electron chi connectivity index (χ0n) is 22.1. The van der Waals surface area contributed by atoms with E-state index in [2.05, 4.69) is 54.4 Å². The van der Waals surface area contributed by atoms with Crippen LogP contribution in [0.4, 0.5) is 10.2 Å². The fraction of sp³-hybridized carbons (Fsp3) is 0.500. The van der Waals surface area contributed by atoms with E-state index in [0.29, 0.717) is 0 Å². The van der Waals surface area contributed by atoms with E-state index in [1.807, 2.05) is 0 Å². The molecule has 236 valence electrons. The Morgan fingerprint density at radius 3 is 2.48 bits per heavy atom. The highest BCUT2D eigenvalue weighted by Crippen LogP contribution is 2.62. The third-order valence-corrected chi connectivity index (χ3v) is 10.2. The fourth-order valence-corrected chi connectivity index (χ4v) is 8.27. The van der Waals surface area contributed by atoms with Crippen LogP contribution in [0.25, 0.3) is 22.3 Å². The van der Waals surface area contributed by atoms with Gasteiger partial charge < -0.3 is 25.3 Å². The van der Waals surface area contributed by atoms with Crippen molar-refractivity contribution in [3.63, 3.8) is 0 Å². The van der Waals surface area contributed by atoms with E-state index >= 15 is 4.39 Å². The number of fused-ring (bicyclic) bond motifs is 5. The van der Waals surface area contributed by atoms with Crippen molar-refractivity contribution in [2.24, 2.45) is 0 Å². The summed E-state index contributed by atoms with van der Waals surface area (Å²) < 4.78 is 79.0. The number of rotatable bonds is 2. The van der Waals surface area contributed by atoms with E-state index in [-0.39, 0.29) is 34.0 Å². The average Bonchev–Trinajstić information content (AvgIpc) is 3.70.